The molecule has 0 fully saturated rings. The third kappa shape index (κ3) is 5.93. The van der Waals surface area contributed by atoms with Gasteiger partial charge >= 0.3 is 0 Å². The Balaban J connectivity index is 2.31. The van der Waals surface area contributed by atoms with Crippen LogP contribution in [-0.2, 0) is 0 Å². The number of para-hydroxylation sites is 1. The van der Waals surface area contributed by atoms with Crippen LogP contribution < -0.4 is 4.74 Å². The van der Waals surface area contributed by atoms with Crippen molar-refractivity contribution in [2.75, 3.05) is 26.2 Å². The van der Waals surface area contributed by atoms with Crippen LogP contribution in [0.15, 0.2) is 30.8 Å². The van der Waals surface area contributed by atoms with Crippen LogP contribution in [0.4, 0.5) is 0 Å². The lowest BCUT2D eigenvalue weighted by atomic mass is 10.2. The smallest absolute Gasteiger partial charge is 0.126 e. The molecule has 1 rings (SSSR count). The molecule has 1 aromatic rings. The molecule has 0 aliphatic heterocycles. The molecule has 0 atom stereocenters. The van der Waals surface area contributed by atoms with E-state index in [-0.39, 0.29) is 0 Å². The molecule has 0 heterocycles. The van der Waals surface area contributed by atoms with Gasteiger partial charge in [-0.25, -0.2) is 0 Å². The molecule has 0 bridgehead atoms. The van der Waals surface area contributed by atoms with Gasteiger partial charge in [0.25, 0.3) is 0 Å². The summed E-state index contributed by atoms with van der Waals surface area (Å²) in [6.07, 6.45) is 5.36. The summed E-state index contributed by atoms with van der Waals surface area (Å²) in [4.78, 5) is 2.52. The van der Waals surface area contributed by atoms with Crippen molar-refractivity contribution < 1.29 is 4.74 Å². The van der Waals surface area contributed by atoms with E-state index in [4.69, 9.17) is 4.74 Å². The maximum Gasteiger partial charge on any atom is 0.126 e. The first-order valence-corrected chi connectivity index (χ1v) is 7.38. The molecular formula is C17H27NO. The van der Waals surface area contributed by atoms with Crippen molar-refractivity contribution in [1.82, 2.24) is 4.90 Å². The Bertz CT molecular complexity index is 356. The number of hydrogen-bond acceptors (Lipinski definition) is 2. The van der Waals surface area contributed by atoms with E-state index in [1.807, 2.05) is 30.3 Å². The molecule has 0 aromatic heterocycles. The average Bonchev–Trinajstić information content (AvgIpc) is 2.44. The van der Waals surface area contributed by atoms with E-state index >= 15 is 0 Å². The fourth-order valence-electron chi connectivity index (χ4n) is 2.22. The van der Waals surface area contributed by atoms with Gasteiger partial charge in [0.1, 0.15) is 5.75 Å². The Kier molecular flexibility index (Phi) is 7.99. The zero-order valence-electron chi connectivity index (χ0n) is 12.4. The first-order chi connectivity index (χ1) is 9.31. The molecule has 0 unspecified atom stereocenters. The Morgan fingerprint density at radius 2 is 1.79 bits per heavy atom. The standard InChI is InChI=1S/C17H27NO/c1-4-12-18(13-5-2)14-9-15-19-17-11-8-7-10-16(17)6-3/h6-8,10-11H,3-5,9,12-15H2,1-2H3. The average molecular weight is 261 g/mol. The molecule has 0 spiro atoms. The van der Waals surface area contributed by atoms with Gasteiger partial charge < -0.3 is 9.64 Å². The highest BCUT2D eigenvalue weighted by atomic mass is 16.5. The Labute approximate surface area is 118 Å². The highest BCUT2D eigenvalue weighted by Crippen LogP contribution is 2.18. The van der Waals surface area contributed by atoms with Crippen molar-refractivity contribution in [2.45, 2.75) is 33.1 Å². The monoisotopic (exact) mass is 261 g/mol. The molecule has 0 aliphatic rings. The number of benzene rings is 1. The summed E-state index contributed by atoms with van der Waals surface area (Å²) in [5, 5.41) is 0. The summed E-state index contributed by atoms with van der Waals surface area (Å²) >= 11 is 0. The normalized spacial score (nSPS) is 10.7. The van der Waals surface area contributed by atoms with Crippen LogP contribution >= 0.6 is 0 Å². The van der Waals surface area contributed by atoms with Gasteiger partial charge in [-0.2, -0.15) is 0 Å². The largest absolute Gasteiger partial charge is 0.493 e. The van der Waals surface area contributed by atoms with Crippen LogP contribution in [0.25, 0.3) is 6.08 Å². The van der Waals surface area contributed by atoms with Crippen molar-refractivity contribution in [3.63, 3.8) is 0 Å². The van der Waals surface area contributed by atoms with Crippen molar-refractivity contribution in [3.05, 3.63) is 36.4 Å². The van der Waals surface area contributed by atoms with E-state index in [1.165, 1.54) is 25.9 Å². The van der Waals surface area contributed by atoms with Crippen LogP contribution in [0.1, 0.15) is 38.7 Å². The lowest BCUT2D eigenvalue weighted by Gasteiger charge is -2.20. The second kappa shape index (κ2) is 9.62. The zero-order chi connectivity index (χ0) is 13.9. The number of rotatable bonds is 10. The van der Waals surface area contributed by atoms with Gasteiger partial charge in [0.05, 0.1) is 6.61 Å². The summed E-state index contributed by atoms with van der Waals surface area (Å²) in [7, 11) is 0. The molecule has 0 N–H and O–H groups in total. The van der Waals surface area contributed by atoms with Crippen LogP contribution in [0.2, 0.25) is 0 Å². The molecule has 19 heavy (non-hydrogen) atoms. The Hall–Kier alpha value is -1.28. The molecule has 2 nitrogen and oxygen atoms in total. The van der Waals surface area contributed by atoms with Gasteiger partial charge in [-0.3, -0.25) is 0 Å². The molecule has 0 amide bonds. The summed E-state index contributed by atoms with van der Waals surface area (Å²) in [6.45, 7) is 12.6. The molecule has 0 aliphatic carbocycles. The van der Waals surface area contributed by atoms with Crippen LogP contribution in [0.3, 0.4) is 0 Å². The van der Waals surface area contributed by atoms with Gasteiger partial charge in [0, 0.05) is 12.1 Å². The highest BCUT2D eigenvalue weighted by Gasteiger charge is 2.03. The van der Waals surface area contributed by atoms with E-state index < -0.39 is 0 Å². The fraction of sp³-hybridized carbons (Fsp3) is 0.529. The maximum atomic E-state index is 5.84. The summed E-state index contributed by atoms with van der Waals surface area (Å²) < 4.78 is 5.84. The molecule has 0 saturated carbocycles. The van der Waals surface area contributed by atoms with Gasteiger partial charge in [0.2, 0.25) is 0 Å². The van der Waals surface area contributed by atoms with E-state index in [0.29, 0.717) is 0 Å². The minimum Gasteiger partial charge on any atom is -0.493 e. The van der Waals surface area contributed by atoms with E-state index in [0.717, 1.165) is 30.9 Å². The Morgan fingerprint density at radius 3 is 2.42 bits per heavy atom. The molecule has 106 valence electrons. The summed E-state index contributed by atoms with van der Waals surface area (Å²) in [5.74, 6) is 0.940. The van der Waals surface area contributed by atoms with E-state index in [1.54, 1.807) is 0 Å². The summed E-state index contributed by atoms with van der Waals surface area (Å²) in [6, 6.07) is 8.05. The predicted molar refractivity (Wildman–Crippen MR) is 83.7 cm³/mol. The molecule has 0 saturated heterocycles. The number of nitrogens with zero attached hydrogens (tertiary/aromatic N) is 1. The molecular weight excluding hydrogens is 234 g/mol. The van der Waals surface area contributed by atoms with Gasteiger partial charge in [-0.15, -0.1) is 0 Å². The van der Waals surface area contributed by atoms with Gasteiger partial charge in [-0.05, 0) is 38.4 Å². The third-order valence-corrected chi connectivity index (χ3v) is 3.09. The van der Waals surface area contributed by atoms with Crippen LogP contribution in [0.5, 0.6) is 5.75 Å². The Morgan fingerprint density at radius 1 is 1.11 bits per heavy atom. The van der Waals surface area contributed by atoms with E-state index in [9.17, 15) is 0 Å². The number of ether oxygens (including phenoxy) is 1. The number of hydrogen-bond donors (Lipinski definition) is 0. The second-order valence-electron chi connectivity index (χ2n) is 4.79. The van der Waals surface area contributed by atoms with Crippen LogP contribution in [0, 0.1) is 0 Å². The van der Waals surface area contributed by atoms with Crippen molar-refractivity contribution in [3.8, 4) is 5.75 Å². The van der Waals surface area contributed by atoms with Gasteiger partial charge in [-0.1, -0.05) is 44.7 Å². The SMILES string of the molecule is C=Cc1ccccc1OCCCN(CCC)CCC. The lowest BCUT2D eigenvalue weighted by molar-refractivity contribution is 0.234. The molecule has 2 heteroatoms. The second-order valence-corrected chi connectivity index (χ2v) is 4.79. The van der Waals surface area contributed by atoms with Crippen molar-refractivity contribution >= 4 is 6.08 Å². The van der Waals surface area contributed by atoms with Crippen molar-refractivity contribution in [1.29, 1.82) is 0 Å². The lowest BCUT2D eigenvalue weighted by Crippen LogP contribution is -2.27. The fourth-order valence-corrected chi connectivity index (χ4v) is 2.22. The first-order valence-electron chi connectivity index (χ1n) is 7.38. The van der Waals surface area contributed by atoms with Crippen LogP contribution in [-0.4, -0.2) is 31.1 Å². The zero-order valence-corrected chi connectivity index (χ0v) is 12.4. The minimum atomic E-state index is 0.773. The maximum absolute atomic E-state index is 5.84. The topological polar surface area (TPSA) is 12.5 Å². The quantitative estimate of drug-likeness (QED) is 0.585. The minimum absolute atomic E-state index is 0.773. The first kappa shape index (κ1) is 15.8. The predicted octanol–water partition coefficient (Wildman–Crippen LogP) is 4.22. The van der Waals surface area contributed by atoms with Crippen molar-refractivity contribution in [2.24, 2.45) is 0 Å². The molecule has 0 radical (unpaired) electrons. The van der Waals surface area contributed by atoms with E-state index in [2.05, 4.69) is 25.3 Å². The third-order valence-electron chi connectivity index (χ3n) is 3.09. The highest BCUT2D eigenvalue weighted by molar-refractivity contribution is 5.55. The molecule has 1 aromatic carbocycles. The summed E-state index contributed by atoms with van der Waals surface area (Å²) in [5.41, 5.74) is 1.07. The van der Waals surface area contributed by atoms with Gasteiger partial charge in [0.15, 0.2) is 0 Å².